The number of nitrogens with one attached hydrogen (secondary N) is 1. The van der Waals surface area contributed by atoms with Crippen molar-refractivity contribution in [1.29, 1.82) is 0 Å². The molecule has 3 heterocycles. The molecule has 3 heteroatoms. The van der Waals surface area contributed by atoms with Crippen molar-refractivity contribution in [3.05, 3.63) is 0 Å². The van der Waals surface area contributed by atoms with Crippen LogP contribution in [0.25, 0.3) is 0 Å². The SMILES string of the molecule is C1CCC2(CC1)CN(C1CC3(CNC3)CO1)C2. The molecule has 0 aromatic carbocycles. The highest BCUT2D eigenvalue weighted by Crippen LogP contribution is 2.47. The minimum absolute atomic E-state index is 0.449. The van der Waals surface area contributed by atoms with Gasteiger partial charge in [0.25, 0.3) is 0 Å². The van der Waals surface area contributed by atoms with Crippen molar-refractivity contribution in [1.82, 2.24) is 10.2 Å². The third kappa shape index (κ3) is 1.66. The largest absolute Gasteiger partial charge is 0.362 e. The van der Waals surface area contributed by atoms with Crippen molar-refractivity contribution < 1.29 is 4.74 Å². The average Bonchev–Trinajstić information content (AvgIpc) is 2.71. The van der Waals surface area contributed by atoms with Crippen LogP contribution in [0.4, 0.5) is 0 Å². The Balaban J connectivity index is 1.34. The number of hydrogen-bond acceptors (Lipinski definition) is 3. The van der Waals surface area contributed by atoms with Gasteiger partial charge in [0.1, 0.15) is 6.23 Å². The minimum Gasteiger partial charge on any atom is -0.362 e. The molecule has 1 atom stereocenters. The summed E-state index contributed by atoms with van der Waals surface area (Å²) >= 11 is 0. The highest BCUT2D eigenvalue weighted by molar-refractivity contribution is 5.03. The van der Waals surface area contributed by atoms with Gasteiger partial charge in [-0.15, -0.1) is 0 Å². The number of ether oxygens (including phenoxy) is 1. The molecule has 1 unspecified atom stereocenters. The number of rotatable bonds is 1. The van der Waals surface area contributed by atoms with E-state index in [1.807, 2.05) is 0 Å². The molecule has 1 N–H and O–H groups in total. The van der Waals surface area contributed by atoms with Crippen LogP contribution in [0.2, 0.25) is 0 Å². The first-order valence-corrected chi connectivity index (χ1v) is 7.36. The predicted molar refractivity (Wildman–Crippen MR) is 66.8 cm³/mol. The number of hydrogen-bond donors (Lipinski definition) is 1. The van der Waals surface area contributed by atoms with Crippen LogP contribution in [-0.4, -0.2) is 43.9 Å². The topological polar surface area (TPSA) is 24.5 Å². The number of nitrogens with zero attached hydrogens (tertiary/aromatic N) is 1. The maximum Gasteiger partial charge on any atom is 0.111 e. The molecule has 0 bridgehead atoms. The Morgan fingerprint density at radius 2 is 1.76 bits per heavy atom. The molecule has 2 spiro atoms. The molecule has 4 aliphatic rings. The van der Waals surface area contributed by atoms with Crippen LogP contribution in [0.3, 0.4) is 0 Å². The highest BCUT2D eigenvalue weighted by Gasteiger charge is 2.52. The predicted octanol–water partition coefficient (Wildman–Crippen LogP) is 1.59. The molecule has 17 heavy (non-hydrogen) atoms. The molecule has 1 saturated carbocycles. The van der Waals surface area contributed by atoms with Gasteiger partial charge < -0.3 is 10.1 Å². The summed E-state index contributed by atoms with van der Waals surface area (Å²) in [5.74, 6) is 0. The summed E-state index contributed by atoms with van der Waals surface area (Å²) < 4.78 is 6.03. The molecule has 3 saturated heterocycles. The van der Waals surface area contributed by atoms with Gasteiger partial charge in [-0.05, 0) is 24.7 Å². The summed E-state index contributed by atoms with van der Waals surface area (Å²) in [6.07, 6.45) is 9.07. The molecule has 0 radical (unpaired) electrons. The first-order chi connectivity index (χ1) is 8.29. The summed E-state index contributed by atoms with van der Waals surface area (Å²) in [4.78, 5) is 2.61. The molecule has 0 amide bonds. The van der Waals surface area contributed by atoms with Gasteiger partial charge in [0, 0.05) is 31.6 Å². The zero-order valence-corrected chi connectivity index (χ0v) is 10.7. The molecule has 0 aromatic rings. The Morgan fingerprint density at radius 1 is 1.00 bits per heavy atom. The van der Waals surface area contributed by atoms with E-state index in [9.17, 15) is 0 Å². The lowest BCUT2D eigenvalue weighted by Crippen LogP contribution is -2.61. The quantitative estimate of drug-likeness (QED) is 0.748. The summed E-state index contributed by atoms with van der Waals surface area (Å²) in [5.41, 5.74) is 1.22. The van der Waals surface area contributed by atoms with Crippen LogP contribution >= 0.6 is 0 Å². The summed E-state index contributed by atoms with van der Waals surface area (Å²) in [5, 5.41) is 3.40. The van der Waals surface area contributed by atoms with E-state index >= 15 is 0 Å². The third-order valence-electron chi connectivity index (χ3n) is 5.59. The van der Waals surface area contributed by atoms with Gasteiger partial charge in [-0.3, -0.25) is 4.90 Å². The maximum absolute atomic E-state index is 6.03. The highest BCUT2D eigenvalue weighted by atomic mass is 16.5. The smallest absolute Gasteiger partial charge is 0.111 e. The molecule has 4 rings (SSSR count). The van der Waals surface area contributed by atoms with Gasteiger partial charge in [-0.25, -0.2) is 0 Å². The average molecular weight is 236 g/mol. The van der Waals surface area contributed by atoms with E-state index in [1.54, 1.807) is 0 Å². The Hall–Kier alpha value is -0.120. The van der Waals surface area contributed by atoms with Crippen molar-refractivity contribution >= 4 is 0 Å². The van der Waals surface area contributed by atoms with Crippen LogP contribution in [0.5, 0.6) is 0 Å². The van der Waals surface area contributed by atoms with Crippen molar-refractivity contribution in [2.75, 3.05) is 32.8 Å². The molecule has 4 fully saturated rings. The third-order valence-corrected chi connectivity index (χ3v) is 5.59. The van der Waals surface area contributed by atoms with Gasteiger partial charge in [0.05, 0.1) is 6.61 Å². The van der Waals surface area contributed by atoms with Crippen molar-refractivity contribution in [3.8, 4) is 0 Å². The number of likely N-dealkylation sites (tertiary alicyclic amines) is 1. The monoisotopic (exact) mass is 236 g/mol. The molecular formula is C14H24N2O. The van der Waals surface area contributed by atoms with E-state index in [0.29, 0.717) is 17.1 Å². The minimum atomic E-state index is 0.449. The lowest BCUT2D eigenvalue weighted by atomic mass is 9.68. The molecule has 1 aliphatic carbocycles. The summed E-state index contributed by atoms with van der Waals surface area (Å²) in [7, 11) is 0. The van der Waals surface area contributed by atoms with E-state index < -0.39 is 0 Å². The van der Waals surface area contributed by atoms with Crippen molar-refractivity contribution in [3.63, 3.8) is 0 Å². The summed E-state index contributed by atoms with van der Waals surface area (Å²) in [6, 6.07) is 0. The fourth-order valence-corrected chi connectivity index (χ4v) is 4.36. The van der Waals surface area contributed by atoms with Crippen LogP contribution in [0.1, 0.15) is 38.5 Å². The van der Waals surface area contributed by atoms with Gasteiger partial charge in [-0.2, -0.15) is 0 Å². The lowest BCUT2D eigenvalue weighted by molar-refractivity contribution is -0.129. The van der Waals surface area contributed by atoms with Crippen LogP contribution in [-0.2, 0) is 4.74 Å². The molecule has 3 nitrogen and oxygen atoms in total. The maximum atomic E-state index is 6.03. The van der Waals surface area contributed by atoms with Gasteiger partial charge in [-0.1, -0.05) is 19.3 Å². The van der Waals surface area contributed by atoms with Gasteiger partial charge in [0.15, 0.2) is 0 Å². The van der Waals surface area contributed by atoms with Crippen LogP contribution in [0.15, 0.2) is 0 Å². The lowest BCUT2D eigenvalue weighted by Gasteiger charge is -2.54. The van der Waals surface area contributed by atoms with Crippen LogP contribution < -0.4 is 5.32 Å². The van der Waals surface area contributed by atoms with Gasteiger partial charge >= 0.3 is 0 Å². The Bertz CT molecular complexity index is 299. The first-order valence-electron chi connectivity index (χ1n) is 7.36. The Labute approximate surface area is 104 Å². The van der Waals surface area contributed by atoms with Crippen molar-refractivity contribution in [2.45, 2.75) is 44.8 Å². The molecule has 96 valence electrons. The second-order valence-electron chi connectivity index (χ2n) is 7.04. The Kier molecular flexibility index (Phi) is 2.34. The van der Waals surface area contributed by atoms with E-state index in [1.165, 1.54) is 64.7 Å². The van der Waals surface area contributed by atoms with E-state index in [0.717, 1.165) is 6.61 Å². The standard InChI is InChI=1S/C14H24N2O/c1-2-4-13(5-3-1)9-16(10-13)12-6-14(11-17-12)7-15-8-14/h12,15H,1-11H2. The first kappa shape index (κ1) is 10.8. The molecular weight excluding hydrogens is 212 g/mol. The van der Waals surface area contributed by atoms with E-state index in [-0.39, 0.29) is 0 Å². The van der Waals surface area contributed by atoms with E-state index in [2.05, 4.69) is 10.2 Å². The Morgan fingerprint density at radius 3 is 2.35 bits per heavy atom. The summed E-state index contributed by atoms with van der Waals surface area (Å²) in [6.45, 7) is 6.00. The fraction of sp³-hybridized carbons (Fsp3) is 1.00. The zero-order chi connectivity index (χ0) is 11.3. The second-order valence-corrected chi connectivity index (χ2v) is 7.04. The van der Waals surface area contributed by atoms with Gasteiger partial charge in [0.2, 0.25) is 0 Å². The fourth-order valence-electron chi connectivity index (χ4n) is 4.36. The molecule has 3 aliphatic heterocycles. The second kappa shape index (κ2) is 3.69. The zero-order valence-electron chi connectivity index (χ0n) is 10.7. The molecule has 0 aromatic heterocycles. The van der Waals surface area contributed by atoms with Crippen LogP contribution in [0, 0.1) is 10.8 Å². The van der Waals surface area contributed by atoms with E-state index in [4.69, 9.17) is 4.74 Å². The van der Waals surface area contributed by atoms with Crippen molar-refractivity contribution in [2.24, 2.45) is 10.8 Å². The normalized spacial score (nSPS) is 39.2.